The summed E-state index contributed by atoms with van der Waals surface area (Å²) in [6.07, 6.45) is 2.48. The van der Waals surface area contributed by atoms with Gasteiger partial charge in [-0.3, -0.25) is 9.59 Å². The van der Waals surface area contributed by atoms with Gasteiger partial charge in [-0.25, -0.2) is 4.79 Å². The Bertz CT molecular complexity index is 637. The minimum Gasteiger partial charge on any atom is -0.481 e. The summed E-state index contributed by atoms with van der Waals surface area (Å²) in [5.74, 6) is -2.97. The van der Waals surface area contributed by atoms with Crippen molar-refractivity contribution < 1.29 is 24.2 Å². The van der Waals surface area contributed by atoms with Crippen LogP contribution in [-0.4, -0.2) is 29.1 Å². The molecule has 2 unspecified atom stereocenters. The lowest BCUT2D eigenvalue weighted by Crippen LogP contribution is -2.36. The van der Waals surface area contributed by atoms with E-state index >= 15 is 0 Å². The van der Waals surface area contributed by atoms with Crippen LogP contribution in [0.25, 0.3) is 0 Å². The van der Waals surface area contributed by atoms with Crippen LogP contribution in [0.5, 0.6) is 0 Å². The molecule has 6 nitrogen and oxygen atoms in total. The molecule has 0 aromatic carbocycles. The Morgan fingerprint density at radius 3 is 2.46 bits per heavy atom. The fourth-order valence-electron chi connectivity index (χ4n) is 2.98. The molecule has 1 saturated carbocycles. The van der Waals surface area contributed by atoms with Gasteiger partial charge in [-0.15, -0.1) is 11.3 Å². The Balaban J connectivity index is 2.16. The smallest absolute Gasteiger partial charge is 0.341 e. The quantitative estimate of drug-likeness (QED) is 0.791. The third-order valence-corrected chi connectivity index (χ3v) is 5.04. The highest BCUT2D eigenvalue weighted by molar-refractivity contribution is 7.16. The van der Waals surface area contributed by atoms with Gasteiger partial charge in [0.15, 0.2) is 0 Å². The number of rotatable bonds is 5. The number of nitrogens with one attached hydrogen (secondary N) is 1. The highest BCUT2D eigenvalue weighted by atomic mass is 32.1. The van der Waals surface area contributed by atoms with Gasteiger partial charge in [-0.2, -0.15) is 0 Å². The third kappa shape index (κ3) is 4.35. The molecule has 0 saturated heterocycles. The molecule has 24 heavy (non-hydrogen) atoms. The van der Waals surface area contributed by atoms with Gasteiger partial charge in [0.25, 0.3) is 0 Å². The number of ether oxygens (including phenoxy) is 1. The van der Waals surface area contributed by atoms with Gasteiger partial charge < -0.3 is 15.2 Å². The molecule has 1 aromatic rings. The molecule has 1 aliphatic rings. The molecule has 7 heteroatoms. The largest absolute Gasteiger partial charge is 0.481 e. The average Bonchev–Trinajstić information content (AvgIpc) is 2.87. The molecular formula is C17H23NO5S. The molecule has 1 aromatic heterocycles. The highest BCUT2D eigenvalue weighted by Gasteiger charge is 2.36. The number of carboxylic acid groups (broad SMARTS) is 1. The standard InChI is InChI=1S/C17H23NO5S/c1-9(2)23-17(22)13-8-10(3)24-15(13)18-14(19)11-6-4-5-7-12(11)16(20)21/h8-9,11-12H,4-7H2,1-3H3,(H,18,19)(H,20,21). The van der Waals surface area contributed by atoms with Crippen LogP contribution in [0.2, 0.25) is 0 Å². The normalized spacial score (nSPS) is 20.7. The van der Waals surface area contributed by atoms with Gasteiger partial charge >= 0.3 is 11.9 Å². The fourth-order valence-corrected chi connectivity index (χ4v) is 3.88. The molecule has 1 aliphatic carbocycles. The summed E-state index contributed by atoms with van der Waals surface area (Å²) < 4.78 is 5.20. The van der Waals surface area contributed by atoms with Gasteiger partial charge in [-0.05, 0) is 39.7 Å². The number of amides is 1. The predicted molar refractivity (Wildman–Crippen MR) is 91.3 cm³/mol. The molecule has 132 valence electrons. The van der Waals surface area contributed by atoms with Gasteiger partial charge in [0.05, 0.1) is 23.5 Å². The van der Waals surface area contributed by atoms with Crippen molar-refractivity contribution in [1.82, 2.24) is 0 Å². The monoisotopic (exact) mass is 353 g/mol. The van der Waals surface area contributed by atoms with E-state index in [1.54, 1.807) is 19.9 Å². The van der Waals surface area contributed by atoms with Crippen molar-refractivity contribution in [2.75, 3.05) is 5.32 Å². The Hall–Kier alpha value is -1.89. The number of esters is 1. The molecular weight excluding hydrogens is 330 g/mol. The van der Waals surface area contributed by atoms with Gasteiger partial charge in [0.1, 0.15) is 5.00 Å². The zero-order chi connectivity index (χ0) is 17.9. The SMILES string of the molecule is Cc1cc(C(=O)OC(C)C)c(NC(=O)C2CCCCC2C(=O)O)s1. The second-order valence-corrected chi connectivity index (χ2v) is 7.64. The van der Waals surface area contributed by atoms with Crippen molar-refractivity contribution in [1.29, 1.82) is 0 Å². The fraction of sp³-hybridized carbons (Fsp3) is 0.588. The molecule has 0 aliphatic heterocycles. The second-order valence-electron chi connectivity index (χ2n) is 6.38. The Morgan fingerprint density at radius 2 is 1.88 bits per heavy atom. The maximum absolute atomic E-state index is 12.6. The maximum atomic E-state index is 12.6. The van der Waals surface area contributed by atoms with Crippen LogP contribution in [0.1, 0.15) is 54.8 Å². The van der Waals surface area contributed by atoms with Crippen molar-refractivity contribution in [3.05, 3.63) is 16.5 Å². The third-order valence-electron chi connectivity index (χ3n) is 4.07. The molecule has 1 fully saturated rings. The number of hydrogen-bond acceptors (Lipinski definition) is 5. The first kappa shape index (κ1) is 18.4. The minimum atomic E-state index is -0.934. The van der Waals surface area contributed by atoms with E-state index in [0.29, 0.717) is 23.4 Å². The predicted octanol–water partition coefficient (Wildman–Crippen LogP) is 3.45. The van der Waals surface area contributed by atoms with E-state index < -0.39 is 23.8 Å². The number of hydrogen-bond donors (Lipinski definition) is 2. The second kappa shape index (κ2) is 7.79. The highest BCUT2D eigenvalue weighted by Crippen LogP contribution is 2.34. The summed E-state index contributed by atoms with van der Waals surface area (Å²) >= 11 is 1.29. The first-order valence-electron chi connectivity index (χ1n) is 8.14. The van der Waals surface area contributed by atoms with Crippen molar-refractivity contribution in [2.45, 2.75) is 52.6 Å². The first-order valence-corrected chi connectivity index (χ1v) is 8.96. The number of carbonyl (C=O) groups excluding carboxylic acids is 2. The molecule has 2 rings (SSSR count). The minimum absolute atomic E-state index is 0.254. The Kier molecular flexibility index (Phi) is 5.99. The van der Waals surface area contributed by atoms with Crippen molar-refractivity contribution in [3.8, 4) is 0 Å². The number of aryl methyl sites for hydroxylation is 1. The van der Waals surface area contributed by atoms with E-state index in [0.717, 1.165) is 17.7 Å². The average molecular weight is 353 g/mol. The van der Waals surface area contributed by atoms with E-state index in [1.807, 2.05) is 6.92 Å². The molecule has 2 N–H and O–H groups in total. The van der Waals surface area contributed by atoms with E-state index in [-0.39, 0.29) is 12.0 Å². The van der Waals surface area contributed by atoms with Crippen LogP contribution in [0.4, 0.5) is 5.00 Å². The van der Waals surface area contributed by atoms with E-state index in [4.69, 9.17) is 4.74 Å². The molecule has 1 heterocycles. The van der Waals surface area contributed by atoms with Gasteiger partial charge in [-0.1, -0.05) is 12.8 Å². The van der Waals surface area contributed by atoms with Crippen molar-refractivity contribution in [2.24, 2.45) is 11.8 Å². The van der Waals surface area contributed by atoms with E-state index in [9.17, 15) is 19.5 Å². The van der Waals surface area contributed by atoms with Gasteiger partial charge in [0.2, 0.25) is 5.91 Å². The number of carboxylic acids is 1. The molecule has 2 atom stereocenters. The van der Waals surface area contributed by atoms with Gasteiger partial charge in [0, 0.05) is 4.88 Å². The summed E-state index contributed by atoms with van der Waals surface area (Å²) in [6.45, 7) is 5.36. The van der Waals surface area contributed by atoms with Crippen LogP contribution in [0.15, 0.2) is 6.07 Å². The Morgan fingerprint density at radius 1 is 1.25 bits per heavy atom. The molecule has 0 spiro atoms. The summed E-state index contributed by atoms with van der Waals surface area (Å²) in [4.78, 5) is 37.0. The molecule has 0 radical (unpaired) electrons. The zero-order valence-electron chi connectivity index (χ0n) is 14.1. The first-order chi connectivity index (χ1) is 11.3. The van der Waals surface area contributed by atoms with Crippen LogP contribution in [-0.2, 0) is 14.3 Å². The summed E-state index contributed by atoms with van der Waals surface area (Å²) in [5.41, 5.74) is 0.322. The topological polar surface area (TPSA) is 92.7 Å². The van der Waals surface area contributed by atoms with Crippen LogP contribution in [0.3, 0.4) is 0 Å². The number of aliphatic carboxylic acids is 1. The lowest BCUT2D eigenvalue weighted by atomic mass is 9.79. The van der Waals surface area contributed by atoms with Crippen LogP contribution >= 0.6 is 11.3 Å². The Labute approximate surface area is 145 Å². The number of anilines is 1. The van der Waals surface area contributed by atoms with Crippen LogP contribution in [0, 0.1) is 18.8 Å². The number of thiophene rings is 1. The zero-order valence-corrected chi connectivity index (χ0v) is 14.9. The summed E-state index contributed by atoms with van der Waals surface area (Å²) in [7, 11) is 0. The lowest BCUT2D eigenvalue weighted by molar-refractivity contribution is -0.147. The van der Waals surface area contributed by atoms with Crippen molar-refractivity contribution in [3.63, 3.8) is 0 Å². The lowest BCUT2D eigenvalue weighted by Gasteiger charge is -2.27. The summed E-state index contributed by atoms with van der Waals surface area (Å²) in [6, 6.07) is 1.68. The molecule has 0 bridgehead atoms. The maximum Gasteiger partial charge on any atom is 0.341 e. The molecule has 1 amide bonds. The van der Waals surface area contributed by atoms with E-state index in [2.05, 4.69) is 5.32 Å². The summed E-state index contributed by atoms with van der Waals surface area (Å²) in [5, 5.41) is 12.5. The van der Waals surface area contributed by atoms with Crippen LogP contribution < -0.4 is 5.32 Å². The number of carbonyl (C=O) groups is 3. The van der Waals surface area contributed by atoms with E-state index in [1.165, 1.54) is 11.3 Å². The van der Waals surface area contributed by atoms with Crippen molar-refractivity contribution >= 4 is 34.2 Å².